The fourth-order valence-corrected chi connectivity index (χ4v) is 3.10. The zero-order valence-electron chi connectivity index (χ0n) is 13.6. The standard InChI is InChI=1S/C18H19Cl2N3O/c1-11(2)24-18-13(19)7-12(8-14(18)20)9-21-10-17-22-15-5-3-4-6-16(15)23-17/h3-8,11,21H,9-10H2,1-2H3,(H,22,23). The second-order valence-corrected chi connectivity index (χ2v) is 6.67. The van der Waals surface area contributed by atoms with Crippen LogP contribution in [0.4, 0.5) is 0 Å². The molecule has 0 aliphatic carbocycles. The summed E-state index contributed by atoms with van der Waals surface area (Å²) in [6.45, 7) is 5.15. The maximum absolute atomic E-state index is 6.27. The summed E-state index contributed by atoms with van der Waals surface area (Å²) in [5, 5.41) is 4.39. The van der Waals surface area contributed by atoms with Crippen LogP contribution < -0.4 is 10.1 Å². The van der Waals surface area contributed by atoms with E-state index in [1.807, 2.05) is 50.2 Å². The van der Waals surface area contributed by atoms with Crippen LogP contribution in [0.1, 0.15) is 25.2 Å². The summed E-state index contributed by atoms with van der Waals surface area (Å²) < 4.78 is 5.64. The molecule has 0 aliphatic heterocycles. The van der Waals surface area contributed by atoms with E-state index in [0.29, 0.717) is 28.9 Å². The van der Waals surface area contributed by atoms with Crippen LogP contribution in [0, 0.1) is 0 Å². The molecule has 2 aromatic carbocycles. The fraction of sp³-hybridized carbons (Fsp3) is 0.278. The van der Waals surface area contributed by atoms with Gasteiger partial charge in [0.2, 0.25) is 0 Å². The Bertz CT molecular complexity index is 789. The number of benzene rings is 2. The molecule has 0 amide bonds. The van der Waals surface area contributed by atoms with E-state index in [1.165, 1.54) is 0 Å². The molecule has 0 aliphatic rings. The van der Waals surface area contributed by atoms with Crippen molar-refractivity contribution in [3.8, 4) is 5.75 Å². The average molecular weight is 364 g/mol. The first-order chi connectivity index (χ1) is 11.5. The number of rotatable bonds is 6. The van der Waals surface area contributed by atoms with Crippen LogP contribution in [0.25, 0.3) is 11.0 Å². The molecule has 0 bridgehead atoms. The molecular weight excluding hydrogens is 345 g/mol. The summed E-state index contributed by atoms with van der Waals surface area (Å²) in [7, 11) is 0. The number of hydrogen-bond acceptors (Lipinski definition) is 3. The lowest BCUT2D eigenvalue weighted by molar-refractivity contribution is 0.242. The lowest BCUT2D eigenvalue weighted by Gasteiger charge is -2.14. The molecule has 0 spiro atoms. The van der Waals surface area contributed by atoms with Crippen LogP contribution in [0.3, 0.4) is 0 Å². The molecular formula is C18H19Cl2N3O. The highest BCUT2D eigenvalue weighted by Gasteiger charge is 2.11. The van der Waals surface area contributed by atoms with E-state index in [4.69, 9.17) is 27.9 Å². The van der Waals surface area contributed by atoms with Crippen molar-refractivity contribution in [3.05, 3.63) is 57.8 Å². The van der Waals surface area contributed by atoms with E-state index in [1.54, 1.807) is 0 Å². The van der Waals surface area contributed by atoms with Crippen molar-refractivity contribution in [1.82, 2.24) is 15.3 Å². The molecule has 0 saturated heterocycles. The van der Waals surface area contributed by atoms with Gasteiger partial charge in [-0.25, -0.2) is 4.98 Å². The first-order valence-corrected chi connectivity index (χ1v) is 8.57. The Morgan fingerprint density at radius 2 is 1.83 bits per heavy atom. The van der Waals surface area contributed by atoms with Gasteiger partial charge in [0, 0.05) is 6.54 Å². The molecule has 24 heavy (non-hydrogen) atoms. The largest absolute Gasteiger partial charge is 0.488 e. The maximum Gasteiger partial charge on any atom is 0.156 e. The molecule has 0 unspecified atom stereocenters. The lowest BCUT2D eigenvalue weighted by Crippen LogP contribution is -2.14. The van der Waals surface area contributed by atoms with Crippen molar-refractivity contribution < 1.29 is 4.74 Å². The number of fused-ring (bicyclic) bond motifs is 1. The number of halogens is 2. The number of nitrogens with zero attached hydrogens (tertiary/aromatic N) is 1. The monoisotopic (exact) mass is 363 g/mol. The zero-order chi connectivity index (χ0) is 17.1. The van der Waals surface area contributed by atoms with Gasteiger partial charge < -0.3 is 15.0 Å². The van der Waals surface area contributed by atoms with Gasteiger partial charge in [-0.05, 0) is 43.7 Å². The number of H-pyrrole nitrogens is 1. The third kappa shape index (κ3) is 4.01. The summed E-state index contributed by atoms with van der Waals surface area (Å²) in [4.78, 5) is 7.83. The molecule has 6 heteroatoms. The quantitative estimate of drug-likeness (QED) is 0.651. The van der Waals surface area contributed by atoms with Crippen molar-refractivity contribution in [3.63, 3.8) is 0 Å². The minimum Gasteiger partial charge on any atom is -0.488 e. The van der Waals surface area contributed by atoms with Gasteiger partial charge in [-0.1, -0.05) is 35.3 Å². The molecule has 3 rings (SSSR count). The molecule has 4 nitrogen and oxygen atoms in total. The summed E-state index contributed by atoms with van der Waals surface area (Å²) in [6.07, 6.45) is 0.0251. The second kappa shape index (κ2) is 7.43. The van der Waals surface area contributed by atoms with E-state index in [-0.39, 0.29) is 6.10 Å². The Kier molecular flexibility index (Phi) is 5.29. The molecule has 0 atom stereocenters. The van der Waals surface area contributed by atoms with Gasteiger partial charge in [0.05, 0.1) is 33.7 Å². The van der Waals surface area contributed by atoms with Gasteiger partial charge >= 0.3 is 0 Å². The van der Waals surface area contributed by atoms with Gasteiger partial charge in [-0.2, -0.15) is 0 Å². The maximum atomic E-state index is 6.27. The Labute approximate surface area is 151 Å². The minimum absolute atomic E-state index is 0.0251. The third-order valence-corrected chi connectivity index (χ3v) is 4.03. The lowest BCUT2D eigenvalue weighted by atomic mass is 10.2. The predicted octanol–water partition coefficient (Wildman–Crippen LogP) is 4.95. The highest BCUT2D eigenvalue weighted by atomic mass is 35.5. The van der Waals surface area contributed by atoms with Crippen LogP contribution in [0.5, 0.6) is 5.75 Å². The topological polar surface area (TPSA) is 49.9 Å². The van der Waals surface area contributed by atoms with Crippen LogP contribution >= 0.6 is 23.2 Å². The number of ether oxygens (including phenoxy) is 1. The normalized spacial score (nSPS) is 11.4. The number of aromatic amines is 1. The highest BCUT2D eigenvalue weighted by Crippen LogP contribution is 2.34. The number of aromatic nitrogens is 2. The SMILES string of the molecule is CC(C)Oc1c(Cl)cc(CNCc2nc3ccccc3[nH]2)cc1Cl. The van der Waals surface area contributed by atoms with Crippen molar-refractivity contribution in [2.75, 3.05) is 0 Å². The fourth-order valence-electron chi connectivity index (χ4n) is 2.48. The molecule has 1 aromatic heterocycles. The minimum atomic E-state index is 0.0251. The van der Waals surface area contributed by atoms with E-state index in [2.05, 4.69) is 15.3 Å². The zero-order valence-corrected chi connectivity index (χ0v) is 15.1. The Hall–Kier alpha value is -1.75. The van der Waals surface area contributed by atoms with Gasteiger partial charge in [-0.3, -0.25) is 0 Å². The number of nitrogens with one attached hydrogen (secondary N) is 2. The Morgan fingerprint density at radius 1 is 1.12 bits per heavy atom. The molecule has 0 fully saturated rings. The highest BCUT2D eigenvalue weighted by molar-refractivity contribution is 6.37. The van der Waals surface area contributed by atoms with Gasteiger partial charge in [0.25, 0.3) is 0 Å². The van der Waals surface area contributed by atoms with Gasteiger partial charge in [-0.15, -0.1) is 0 Å². The van der Waals surface area contributed by atoms with E-state index < -0.39 is 0 Å². The van der Waals surface area contributed by atoms with Crippen LogP contribution in [0.2, 0.25) is 10.0 Å². The summed E-state index contributed by atoms with van der Waals surface area (Å²) in [5.74, 6) is 1.43. The smallest absolute Gasteiger partial charge is 0.156 e. The van der Waals surface area contributed by atoms with Crippen molar-refractivity contribution in [2.24, 2.45) is 0 Å². The first-order valence-electron chi connectivity index (χ1n) is 7.82. The van der Waals surface area contributed by atoms with E-state index in [9.17, 15) is 0 Å². The van der Waals surface area contributed by atoms with Crippen LogP contribution in [-0.2, 0) is 13.1 Å². The molecule has 0 saturated carbocycles. The van der Waals surface area contributed by atoms with E-state index >= 15 is 0 Å². The molecule has 0 radical (unpaired) electrons. The predicted molar refractivity (Wildman–Crippen MR) is 98.9 cm³/mol. The van der Waals surface area contributed by atoms with Crippen LogP contribution in [-0.4, -0.2) is 16.1 Å². The van der Waals surface area contributed by atoms with Gasteiger partial charge in [0.1, 0.15) is 5.82 Å². The Balaban J connectivity index is 1.64. The number of para-hydroxylation sites is 2. The van der Waals surface area contributed by atoms with Crippen molar-refractivity contribution in [1.29, 1.82) is 0 Å². The summed E-state index contributed by atoms with van der Waals surface area (Å²) >= 11 is 12.5. The third-order valence-electron chi connectivity index (χ3n) is 3.47. The molecule has 2 N–H and O–H groups in total. The Morgan fingerprint density at radius 3 is 2.50 bits per heavy atom. The summed E-state index contributed by atoms with van der Waals surface area (Å²) in [6, 6.07) is 11.7. The number of imidazole rings is 1. The van der Waals surface area contributed by atoms with Crippen molar-refractivity contribution in [2.45, 2.75) is 33.0 Å². The van der Waals surface area contributed by atoms with Crippen LogP contribution in [0.15, 0.2) is 36.4 Å². The summed E-state index contributed by atoms with van der Waals surface area (Å²) in [5.41, 5.74) is 3.00. The van der Waals surface area contributed by atoms with Crippen molar-refractivity contribution >= 4 is 34.2 Å². The van der Waals surface area contributed by atoms with Gasteiger partial charge in [0.15, 0.2) is 5.75 Å². The molecule has 1 heterocycles. The first kappa shape index (κ1) is 17.1. The second-order valence-electron chi connectivity index (χ2n) is 5.86. The number of hydrogen-bond donors (Lipinski definition) is 2. The molecule has 3 aromatic rings. The average Bonchev–Trinajstić information content (AvgIpc) is 2.93. The van der Waals surface area contributed by atoms with E-state index in [0.717, 1.165) is 22.4 Å². The molecule has 126 valence electrons.